The van der Waals surface area contributed by atoms with Crippen molar-refractivity contribution in [2.45, 2.75) is 83.0 Å². The molecule has 0 spiro atoms. The Morgan fingerprint density at radius 1 is 1.07 bits per heavy atom. The summed E-state index contributed by atoms with van der Waals surface area (Å²) in [4.78, 5) is 2.57. The molecule has 27 heavy (non-hydrogen) atoms. The molecule has 3 nitrogen and oxygen atoms in total. The number of hydrogen-bond acceptors (Lipinski definition) is 3. The first-order chi connectivity index (χ1) is 11.9. The molecule has 0 amide bonds. The van der Waals surface area contributed by atoms with Gasteiger partial charge in [-0.15, -0.1) is 24.8 Å². The normalized spacial score (nSPS) is 25.9. The van der Waals surface area contributed by atoms with Gasteiger partial charge in [0.1, 0.15) is 5.75 Å². The van der Waals surface area contributed by atoms with Crippen molar-refractivity contribution in [1.82, 2.24) is 5.32 Å². The molecule has 1 saturated carbocycles. The number of nitrogens with one attached hydrogen (secondary N) is 1. The van der Waals surface area contributed by atoms with Crippen LogP contribution in [0.25, 0.3) is 0 Å². The molecule has 0 unspecified atom stereocenters. The average molecular weight is 423 g/mol. The van der Waals surface area contributed by atoms with E-state index >= 15 is 0 Å². The number of rotatable bonds is 3. The first-order valence-corrected chi connectivity index (χ1v) is 9.58. The number of piperazine rings is 1. The summed E-state index contributed by atoms with van der Waals surface area (Å²) in [6, 6.07) is 4.81. The molecule has 0 aromatic heterocycles. The lowest BCUT2D eigenvalue weighted by Gasteiger charge is -2.52. The largest absolute Gasteiger partial charge is 0.435 e. The quantitative estimate of drug-likeness (QED) is 0.731. The summed E-state index contributed by atoms with van der Waals surface area (Å²) < 4.78 is 30.2. The van der Waals surface area contributed by atoms with Crippen molar-refractivity contribution in [3.8, 4) is 5.75 Å². The molecule has 4 rings (SSSR count). The van der Waals surface area contributed by atoms with Crippen LogP contribution in [0, 0.1) is 0 Å². The van der Waals surface area contributed by atoms with Crippen LogP contribution in [0.2, 0.25) is 0 Å². The maximum Gasteiger partial charge on any atom is 0.387 e. The minimum absolute atomic E-state index is 0. The van der Waals surface area contributed by atoms with E-state index in [2.05, 4.69) is 24.1 Å². The monoisotopic (exact) mass is 422 g/mol. The van der Waals surface area contributed by atoms with Crippen LogP contribution in [0.15, 0.2) is 12.1 Å². The fraction of sp³-hybridized carbons (Fsp3) is 0.700. The van der Waals surface area contributed by atoms with Crippen LogP contribution in [-0.2, 0) is 12.8 Å². The van der Waals surface area contributed by atoms with Crippen LogP contribution in [0.5, 0.6) is 5.75 Å². The van der Waals surface area contributed by atoms with Gasteiger partial charge in [-0.05, 0) is 69.2 Å². The highest BCUT2D eigenvalue weighted by molar-refractivity contribution is 5.85. The summed E-state index contributed by atoms with van der Waals surface area (Å²) in [5, 5.41) is 3.83. The van der Waals surface area contributed by atoms with Crippen LogP contribution in [0.3, 0.4) is 0 Å². The second-order valence-corrected chi connectivity index (χ2v) is 8.39. The van der Waals surface area contributed by atoms with E-state index in [1.807, 2.05) is 6.07 Å². The molecule has 0 radical (unpaired) electrons. The van der Waals surface area contributed by atoms with Gasteiger partial charge in [-0.3, -0.25) is 0 Å². The highest BCUT2D eigenvalue weighted by atomic mass is 35.5. The van der Waals surface area contributed by atoms with Gasteiger partial charge >= 0.3 is 6.61 Å². The van der Waals surface area contributed by atoms with E-state index in [1.165, 1.54) is 36.9 Å². The molecule has 154 valence electrons. The Labute approximate surface area is 173 Å². The predicted molar refractivity (Wildman–Crippen MR) is 110 cm³/mol. The lowest BCUT2D eigenvalue weighted by atomic mass is 9.82. The summed E-state index contributed by atoms with van der Waals surface area (Å²) in [5.41, 5.74) is 3.55. The van der Waals surface area contributed by atoms with Crippen molar-refractivity contribution < 1.29 is 13.5 Å². The minimum atomic E-state index is -2.75. The lowest BCUT2D eigenvalue weighted by Crippen LogP contribution is -2.67. The summed E-state index contributed by atoms with van der Waals surface area (Å²) in [7, 11) is 0. The van der Waals surface area contributed by atoms with Gasteiger partial charge in [0, 0.05) is 29.9 Å². The Morgan fingerprint density at radius 3 is 2.52 bits per heavy atom. The first-order valence-electron chi connectivity index (χ1n) is 9.58. The van der Waals surface area contributed by atoms with Crippen LogP contribution in [-0.4, -0.2) is 30.8 Å². The smallest absolute Gasteiger partial charge is 0.387 e. The molecule has 2 aliphatic carbocycles. The van der Waals surface area contributed by atoms with Crippen LogP contribution < -0.4 is 15.0 Å². The molecule has 3 aliphatic rings. The third-order valence-corrected chi connectivity index (χ3v) is 6.01. The van der Waals surface area contributed by atoms with Crippen LogP contribution in [0.1, 0.15) is 57.1 Å². The number of benzene rings is 1. The summed E-state index contributed by atoms with van der Waals surface area (Å²) >= 11 is 0. The number of halogens is 4. The zero-order chi connectivity index (χ0) is 17.6. The van der Waals surface area contributed by atoms with Crippen molar-refractivity contribution in [1.29, 1.82) is 0 Å². The van der Waals surface area contributed by atoms with Gasteiger partial charge in [-0.1, -0.05) is 12.8 Å². The molecule has 1 aliphatic heterocycles. The molecule has 0 bridgehead atoms. The SMILES string of the molecule is CC1(C)CN(c2ccc(OC(F)F)c3c2CCC3)[C@@H]2CCCC[C@H]2N1.Cl.Cl. The molecular weight excluding hydrogens is 393 g/mol. The fourth-order valence-electron chi connectivity index (χ4n) is 5.14. The zero-order valence-electron chi connectivity index (χ0n) is 16.0. The van der Waals surface area contributed by atoms with Gasteiger partial charge in [0.25, 0.3) is 0 Å². The molecule has 1 aromatic carbocycles. The van der Waals surface area contributed by atoms with E-state index in [9.17, 15) is 8.78 Å². The Hall–Kier alpha value is -0.780. The highest BCUT2D eigenvalue weighted by Crippen LogP contribution is 2.42. The zero-order valence-corrected chi connectivity index (χ0v) is 17.6. The standard InChI is InChI=1S/C20H28F2N2O.2ClH/c1-20(2)12-24(17-9-4-3-8-15(17)23-20)16-10-11-18(25-19(21)22)14-7-5-6-13(14)16;;/h10-11,15,17,19,23H,3-9,12H2,1-2H3;2*1H/t15-,17-;;/m1../s1. The number of alkyl halides is 2. The van der Waals surface area contributed by atoms with Crippen LogP contribution in [0.4, 0.5) is 14.5 Å². The summed E-state index contributed by atoms with van der Waals surface area (Å²) in [5.74, 6) is 0.376. The highest BCUT2D eigenvalue weighted by Gasteiger charge is 2.41. The van der Waals surface area contributed by atoms with E-state index in [1.54, 1.807) is 6.07 Å². The van der Waals surface area contributed by atoms with Gasteiger partial charge in [0.15, 0.2) is 0 Å². The molecule has 2 atom stereocenters. The molecule has 1 N–H and O–H groups in total. The van der Waals surface area contributed by atoms with Gasteiger partial charge < -0.3 is 15.0 Å². The Morgan fingerprint density at radius 2 is 1.78 bits per heavy atom. The maximum atomic E-state index is 12.7. The summed E-state index contributed by atoms with van der Waals surface area (Å²) in [6.45, 7) is 2.73. The van der Waals surface area contributed by atoms with E-state index in [4.69, 9.17) is 4.74 Å². The minimum Gasteiger partial charge on any atom is -0.435 e. The number of nitrogens with zero attached hydrogens (tertiary/aromatic N) is 1. The second kappa shape index (κ2) is 8.71. The van der Waals surface area contributed by atoms with Crippen molar-refractivity contribution in [2.24, 2.45) is 0 Å². The number of anilines is 1. The van der Waals surface area contributed by atoms with Gasteiger partial charge in [0.2, 0.25) is 0 Å². The fourth-order valence-corrected chi connectivity index (χ4v) is 5.14. The van der Waals surface area contributed by atoms with E-state index in [0.717, 1.165) is 31.4 Å². The molecular formula is C20H30Cl2F2N2O. The maximum absolute atomic E-state index is 12.7. The van der Waals surface area contributed by atoms with Crippen molar-refractivity contribution >= 4 is 30.5 Å². The Bertz CT molecular complexity index is 657. The van der Waals surface area contributed by atoms with Crippen molar-refractivity contribution in [2.75, 3.05) is 11.4 Å². The lowest BCUT2D eigenvalue weighted by molar-refractivity contribution is -0.0503. The second-order valence-electron chi connectivity index (χ2n) is 8.39. The molecule has 1 heterocycles. The number of hydrogen-bond donors (Lipinski definition) is 1. The van der Waals surface area contributed by atoms with Crippen molar-refractivity contribution in [3.05, 3.63) is 23.3 Å². The number of fused-ring (bicyclic) bond motifs is 2. The third-order valence-electron chi connectivity index (χ3n) is 6.01. The Kier molecular flexibility index (Phi) is 7.26. The van der Waals surface area contributed by atoms with E-state index in [0.29, 0.717) is 17.8 Å². The number of ether oxygens (including phenoxy) is 1. The van der Waals surface area contributed by atoms with Gasteiger partial charge in [-0.25, -0.2) is 0 Å². The topological polar surface area (TPSA) is 24.5 Å². The third kappa shape index (κ3) is 4.46. The average Bonchev–Trinajstić information content (AvgIpc) is 3.03. The van der Waals surface area contributed by atoms with Gasteiger partial charge in [-0.2, -0.15) is 8.78 Å². The van der Waals surface area contributed by atoms with Crippen LogP contribution >= 0.6 is 24.8 Å². The molecule has 2 fully saturated rings. The molecule has 1 saturated heterocycles. The predicted octanol–water partition coefficient (Wildman–Crippen LogP) is 5.12. The summed E-state index contributed by atoms with van der Waals surface area (Å²) in [6.07, 6.45) is 7.82. The van der Waals surface area contributed by atoms with Gasteiger partial charge in [0.05, 0.1) is 0 Å². The molecule has 7 heteroatoms. The van der Waals surface area contributed by atoms with Crippen molar-refractivity contribution in [3.63, 3.8) is 0 Å². The molecule has 1 aromatic rings. The Balaban J connectivity index is 0.00000131. The van der Waals surface area contributed by atoms with E-state index in [-0.39, 0.29) is 30.4 Å². The van der Waals surface area contributed by atoms with E-state index < -0.39 is 6.61 Å². The first kappa shape index (κ1) is 22.5.